The summed E-state index contributed by atoms with van der Waals surface area (Å²) < 4.78 is 4.77. The van der Waals surface area contributed by atoms with Crippen molar-refractivity contribution < 1.29 is 0 Å². The molecule has 2 heterocycles. The Bertz CT molecular complexity index is 2810. The van der Waals surface area contributed by atoms with Crippen LogP contribution >= 0.6 is 11.3 Å². The van der Waals surface area contributed by atoms with Gasteiger partial charge in [0.2, 0.25) is 0 Å². The van der Waals surface area contributed by atoms with Crippen LogP contribution in [0.5, 0.6) is 0 Å². The highest BCUT2D eigenvalue weighted by Crippen LogP contribution is 2.43. The Morgan fingerprint density at radius 3 is 1.94 bits per heavy atom. The second kappa shape index (κ2) is 11.1. The molecule has 0 aliphatic heterocycles. The molecule has 0 unspecified atom stereocenters. The van der Waals surface area contributed by atoms with E-state index in [2.05, 4.69) is 126 Å². The molecule has 0 amide bonds. The molecule has 0 atom stereocenters. The molecule has 0 aliphatic carbocycles. The number of thiophene rings is 1. The Hall–Kier alpha value is -6.46. The minimum atomic E-state index is 0.588. The van der Waals surface area contributed by atoms with Crippen LogP contribution in [0.2, 0.25) is 0 Å². The van der Waals surface area contributed by atoms with Gasteiger partial charge in [0.25, 0.3) is 0 Å². The van der Waals surface area contributed by atoms with Crippen LogP contribution in [0.25, 0.3) is 81.0 Å². The molecule has 0 fully saturated rings. The lowest BCUT2D eigenvalue weighted by Gasteiger charge is -2.13. The van der Waals surface area contributed by atoms with Crippen molar-refractivity contribution in [1.82, 2.24) is 4.57 Å². The van der Waals surface area contributed by atoms with Crippen LogP contribution < -0.4 is 0 Å². The van der Waals surface area contributed by atoms with Crippen molar-refractivity contribution in [2.75, 3.05) is 0 Å². The van der Waals surface area contributed by atoms with Crippen LogP contribution in [0.4, 0.5) is 0 Å². The highest BCUT2D eigenvalue weighted by Gasteiger charge is 2.16. The number of nitrogens with zero attached hydrogens (tertiary/aromatic N) is 3. The highest BCUT2D eigenvalue weighted by molar-refractivity contribution is 7.26. The molecular weight excluding hydrogens is 603 g/mol. The van der Waals surface area contributed by atoms with E-state index in [1.54, 1.807) is 0 Å². The standard InChI is InChI=1S/C44H25N3S/c45-26-28-17-18-42-39(21-28)36-13-4-6-15-41(36)47(42)35-20-29(27-46)19-33(23-35)31-11-8-12-32(22-31)34-24-38(30-9-2-1-3-10-30)44-40(25-34)37-14-5-7-16-43(37)48-44/h1-25H. The molecule has 48 heavy (non-hydrogen) atoms. The van der Waals surface area contributed by atoms with Gasteiger partial charge in [0.1, 0.15) is 0 Å². The van der Waals surface area contributed by atoms with Crippen molar-refractivity contribution in [2.24, 2.45) is 0 Å². The maximum atomic E-state index is 10.2. The van der Waals surface area contributed by atoms with Gasteiger partial charge < -0.3 is 4.57 Å². The molecule has 7 aromatic carbocycles. The lowest BCUT2D eigenvalue weighted by atomic mass is 9.93. The Morgan fingerprint density at radius 1 is 0.438 bits per heavy atom. The maximum Gasteiger partial charge on any atom is 0.0992 e. The first-order chi connectivity index (χ1) is 23.7. The van der Waals surface area contributed by atoms with Gasteiger partial charge in [-0.15, -0.1) is 11.3 Å². The Kier molecular flexibility index (Phi) is 6.44. The van der Waals surface area contributed by atoms with Gasteiger partial charge >= 0.3 is 0 Å². The molecule has 4 heteroatoms. The summed E-state index contributed by atoms with van der Waals surface area (Å²) in [6.45, 7) is 0. The van der Waals surface area contributed by atoms with Gasteiger partial charge in [-0.2, -0.15) is 10.5 Å². The number of hydrogen-bond acceptors (Lipinski definition) is 3. The summed E-state index contributed by atoms with van der Waals surface area (Å²) in [6, 6.07) is 57.3. The molecule has 0 aliphatic rings. The fraction of sp³-hybridized carbons (Fsp3) is 0. The average molecular weight is 628 g/mol. The average Bonchev–Trinajstić information content (AvgIpc) is 3.70. The van der Waals surface area contributed by atoms with Gasteiger partial charge in [-0.05, 0) is 94.5 Å². The van der Waals surface area contributed by atoms with Crippen LogP contribution in [0.1, 0.15) is 11.1 Å². The summed E-state index contributed by atoms with van der Waals surface area (Å²) in [5.41, 5.74) is 10.8. The predicted octanol–water partition coefficient (Wildman–Crippen LogP) is 11.9. The van der Waals surface area contributed by atoms with E-state index in [-0.39, 0.29) is 0 Å². The molecule has 0 bridgehead atoms. The van der Waals surface area contributed by atoms with Crippen molar-refractivity contribution in [3.8, 4) is 51.2 Å². The lowest BCUT2D eigenvalue weighted by molar-refractivity contribution is 1.18. The third-order valence-electron chi connectivity index (χ3n) is 9.20. The van der Waals surface area contributed by atoms with E-state index < -0.39 is 0 Å². The molecule has 3 nitrogen and oxygen atoms in total. The molecule has 222 valence electrons. The first-order valence-corrected chi connectivity index (χ1v) is 16.6. The molecule has 0 saturated heterocycles. The fourth-order valence-corrected chi connectivity index (χ4v) is 8.22. The van der Waals surface area contributed by atoms with E-state index in [0.29, 0.717) is 11.1 Å². The van der Waals surface area contributed by atoms with Crippen molar-refractivity contribution in [3.05, 3.63) is 163 Å². The molecule has 9 rings (SSSR count). The number of hydrogen-bond donors (Lipinski definition) is 0. The minimum absolute atomic E-state index is 0.588. The van der Waals surface area contributed by atoms with Gasteiger partial charge in [0.05, 0.1) is 34.3 Å². The summed E-state index contributed by atoms with van der Waals surface area (Å²) in [7, 11) is 0. The van der Waals surface area contributed by atoms with Crippen LogP contribution in [0, 0.1) is 22.7 Å². The minimum Gasteiger partial charge on any atom is -0.309 e. The normalized spacial score (nSPS) is 11.3. The summed E-state index contributed by atoms with van der Waals surface area (Å²) in [4.78, 5) is 0. The topological polar surface area (TPSA) is 52.5 Å². The third kappa shape index (κ3) is 4.48. The van der Waals surface area contributed by atoms with Gasteiger partial charge in [0, 0.05) is 42.2 Å². The molecular formula is C44H25N3S. The summed E-state index contributed by atoms with van der Waals surface area (Å²) in [5.74, 6) is 0. The highest BCUT2D eigenvalue weighted by atomic mass is 32.1. The maximum absolute atomic E-state index is 10.2. The number of para-hydroxylation sites is 1. The first kappa shape index (κ1) is 27.8. The van der Waals surface area contributed by atoms with Crippen molar-refractivity contribution >= 4 is 53.3 Å². The summed E-state index contributed by atoms with van der Waals surface area (Å²) in [6.07, 6.45) is 0. The quantitative estimate of drug-likeness (QED) is 0.195. The van der Waals surface area contributed by atoms with Crippen LogP contribution in [0.15, 0.2) is 152 Å². The SMILES string of the molecule is N#Cc1cc(-c2cccc(-c3cc(-c4ccccc4)c4sc5ccccc5c4c3)c2)cc(-n2c3ccccc3c3cc(C#N)ccc32)c1. The van der Waals surface area contributed by atoms with Crippen LogP contribution in [0.3, 0.4) is 0 Å². The van der Waals surface area contributed by atoms with Gasteiger partial charge in [-0.1, -0.05) is 84.9 Å². The van der Waals surface area contributed by atoms with E-state index >= 15 is 0 Å². The Labute approximate surface area is 281 Å². The van der Waals surface area contributed by atoms with Crippen LogP contribution in [-0.4, -0.2) is 4.57 Å². The zero-order valence-electron chi connectivity index (χ0n) is 25.7. The van der Waals surface area contributed by atoms with E-state index in [1.807, 2.05) is 53.8 Å². The van der Waals surface area contributed by atoms with Gasteiger partial charge in [-0.3, -0.25) is 0 Å². The number of benzene rings is 7. The Morgan fingerprint density at radius 2 is 1.12 bits per heavy atom. The third-order valence-corrected chi connectivity index (χ3v) is 10.4. The monoisotopic (exact) mass is 627 g/mol. The van der Waals surface area contributed by atoms with E-state index in [0.717, 1.165) is 49.7 Å². The lowest BCUT2D eigenvalue weighted by Crippen LogP contribution is -1.96. The molecule has 9 aromatic rings. The van der Waals surface area contributed by atoms with E-state index in [1.165, 1.54) is 31.3 Å². The van der Waals surface area contributed by atoms with Gasteiger partial charge in [-0.25, -0.2) is 0 Å². The summed E-state index contributed by atoms with van der Waals surface area (Å²) in [5, 5.41) is 24.4. The molecule has 0 radical (unpaired) electrons. The van der Waals surface area contributed by atoms with Crippen molar-refractivity contribution in [1.29, 1.82) is 10.5 Å². The fourth-order valence-electron chi connectivity index (χ4n) is 7.00. The van der Waals surface area contributed by atoms with E-state index in [4.69, 9.17) is 0 Å². The first-order valence-electron chi connectivity index (χ1n) is 15.8. The smallest absolute Gasteiger partial charge is 0.0992 e. The number of rotatable bonds is 4. The molecule has 0 N–H and O–H groups in total. The molecule has 2 aromatic heterocycles. The number of aromatic nitrogens is 1. The predicted molar refractivity (Wildman–Crippen MR) is 199 cm³/mol. The van der Waals surface area contributed by atoms with E-state index in [9.17, 15) is 10.5 Å². The zero-order valence-corrected chi connectivity index (χ0v) is 26.5. The Balaban J connectivity index is 1.23. The second-order valence-corrected chi connectivity index (χ2v) is 13.1. The molecule has 0 spiro atoms. The van der Waals surface area contributed by atoms with Gasteiger partial charge in [0.15, 0.2) is 0 Å². The number of fused-ring (bicyclic) bond motifs is 6. The zero-order chi connectivity index (χ0) is 32.2. The van der Waals surface area contributed by atoms with Crippen molar-refractivity contribution in [3.63, 3.8) is 0 Å². The number of nitriles is 2. The van der Waals surface area contributed by atoms with Crippen LogP contribution in [-0.2, 0) is 0 Å². The summed E-state index contributed by atoms with van der Waals surface area (Å²) >= 11 is 1.85. The second-order valence-electron chi connectivity index (χ2n) is 12.0. The molecule has 0 saturated carbocycles. The largest absolute Gasteiger partial charge is 0.309 e. The van der Waals surface area contributed by atoms with Crippen molar-refractivity contribution in [2.45, 2.75) is 0 Å².